The predicted octanol–water partition coefficient (Wildman–Crippen LogP) is 4.36. The van der Waals surface area contributed by atoms with Crippen molar-refractivity contribution in [2.45, 2.75) is 18.5 Å². The summed E-state index contributed by atoms with van der Waals surface area (Å²) in [5.41, 5.74) is -3.29. The van der Waals surface area contributed by atoms with Gasteiger partial charge in [-0.05, 0) is 43.9 Å². The zero-order valence-corrected chi connectivity index (χ0v) is 13.0. The molecule has 0 aliphatic rings. The number of hydrogen-bond acceptors (Lipinski definition) is 3. The van der Waals surface area contributed by atoms with Crippen molar-refractivity contribution in [2.75, 3.05) is 19.4 Å². The maximum atomic E-state index is 12.0. The molecule has 1 aromatic carbocycles. The van der Waals surface area contributed by atoms with Crippen LogP contribution < -0.4 is 10.1 Å². The maximum absolute atomic E-state index is 12.0. The lowest BCUT2D eigenvalue weighted by Gasteiger charge is -2.17. The fourth-order valence-electron chi connectivity index (χ4n) is 1.45. The Morgan fingerprint density at radius 1 is 1.42 bits per heavy atom. The molecule has 0 saturated carbocycles. The van der Waals surface area contributed by atoms with Gasteiger partial charge in [0.15, 0.2) is 0 Å². The fourth-order valence-corrected chi connectivity index (χ4v) is 2.23. The summed E-state index contributed by atoms with van der Waals surface area (Å²) >= 11 is 3.29. The van der Waals surface area contributed by atoms with E-state index in [1.54, 1.807) is 12.1 Å². The number of alkyl halides is 3. The van der Waals surface area contributed by atoms with Crippen LogP contribution in [0.25, 0.3) is 0 Å². The Bertz CT molecular complexity index is 414. The molecule has 0 amide bonds. The predicted molar refractivity (Wildman–Crippen MR) is 75.6 cm³/mol. The molecule has 1 aromatic rings. The average molecular weight is 358 g/mol. The maximum Gasteiger partial charge on any atom is 0.441 e. The van der Waals surface area contributed by atoms with E-state index in [2.05, 4.69) is 21.2 Å². The van der Waals surface area contributed by atoms with Crippen LogP contribution in [0.4, 0.5) is 13.2 Å². The summed E-state index contributed by atoms with van der Waals surface area (Å²) in [5.74, 6) is 0.486. The Hall–Kier alpha value is -0.400. The fraction of sp³-hybridized carbons (Fsp3) is 0.500. The molecule has 19 heavy (non-hydrogen) atoms. The molecule has 0 saturated heterocycles. The first-order valence-electron chi connectivity index (χ1n) is 5.63. The van der Waals surface area contributed by atoms with E-state index in [4.69, 9.17) is 4.74 Å². The second kappa shape index (κ2) is 7.40. The van der Waals surface area contributed by atoms with Crippen molar-refractivity contribution in [1.29, 1.82) is 0 Å². The van der Waals surface area contributed by atoms with Crippen LogP contribution >= 0.6 is 27.7 Å². The van der Waals surface area contributed by atoms with Crippen LogP contribution in [-0.2, 0) is 0 Å². The van der Waals surface area contributed by atoms with Crippen LogP contribution in [0.1, 0.15) is 18.5 Å². The van der Waals surface area contributed by atoms with Crippen LogP contribution in [0.2, 0.25) is 0 Å². The Kier molecular flexibility index (Phi) is 6.49. The molecule has 0 spiro atoms. The third-order valence-electron chi connectivity index (χ3n) is 2.48. The minimum absolute atomic E-state index is 0.0231. The number of benzene rings is 1. The van der Waals surface area contributed by atoms with Crippen molar-refractivity contribution in [3.8, 4) is 5.75 Å². The molecule has 0 heterocycles. The third kappa shape index (κ3) is 6.05. The van der Waals surface area contributed by atoms with Gasteiger partial charge in [0.1, 0.15) is 5.75 Å². The van der Waals surface area contributed by atoms with Gasteiger partial charge in [0.05, 0.1) is 6.61 Å². The largest absolute Gasteiger partial charge is 0.492 e. The number of ether oxygens (including phenoxy) is 1. The highest BCUT2D eigenvalue weighted by Crippen LogP contribution is 2.31. The quantitative estimate of drug-likeness (QED) is 0.764. The number of rotatable bonds is 6. The Morgan fingerprint density at radius 2 is 2.11 bits per heavy atom. The first-order chi connectivity index (χ1) is 8.83. The summed E-state index contributed by atoms with van der Waals surface area (Å²) in [7, 11) is 1.81. The molecule has 0 fully saturated rings. The van der Waals surface area contributed by atoms with E-state index in [0.29, 0.717) is 5.75 Å². The molecule has 1 unspecified atom stereocenters. The van der Waals surface area contributed by atoms with Gasteiger partial charge in [-0.1, -0.05) is 15.9 Å². The Balaban J connectivity index is 2.62. The minimum atomic E-state index is -4.20. The van der Waals surface area contributed by atoms with Gasteiger partial charge in [-0.2, -0.15) is 13.2 Å². The topological polar surface area (TPSA) is 21.3 Å². The van der Waals surface area contributed by atoms with E-state index >= 15 is 0 Å². The van der Waals surface area contributed by atoms with Gasteiger partial charge in [-0.3, -0.25) is 0 Å². The van der Waals surface area contributed by atoms with Gasteiger partial charge in [0.25, 0.3) is 0 Å². The van der Waals surface area contributed by atoms with E-state index in [1.165, 1.54) is 0 Å². The molecule has 1 atom stereocenters. The number of thioether (sulfide) groups is 1. The molecule has 0 aliphatic carbocycles. The van der Waals surface area contributed by atoms with Crippen LogP contribution in [0.15, 0.2) is 22.7 Å². The molecule has 1 N–H and O–H groups in total. The van der Waals surface area contributed by atoms with E-state index in [1.807, 2.05) is 20.0 Å². The number of halogens is 4. The highest BCUT2D eigenvalue weighted by atomic mass is 79.9. The summed E-state index contributed by atoms with van der Waals surface area (Å²) in [6.45, 7) is 1.98. The van der Waals surface area contributed by atoms with Crippen LogP contribution in [-0.4, -0.2) is 24.9 Å². The van der Waals surface area contributed by atoms with Crippen molar-refractivity contribution >= 4 is 27.7 Å². The second-order valence-corrected chi connectivity index (χ2v) is 5.91. The second-order valence-electron chi connectivity index (χ2n) is 3.84. The van der Waals surface area contributed by atoms with Crippen LogP contribution in [0.3, 0.4) is 0 Å². The van der Waals surface area contributed by atoms with Crippen LogP contribution in [0, 0.1) is 0 Å². The monoisotopic (exact) mass is 357 g/mol. The van der Waals surface area contributed by atoms with Crippen molar-refractivity contribution in [1.82, 2.24) is 5.32 Å². The van der Waals surface area contributed by atoms with Gasteiger partial charge < -0.3 is 10.1 Å². The van der Waals surface area contributed by atoms with E-state index in [9.17, 15) is 13.2 Å². The molecule has 7 heteroatoms. The summed E-state index contributed by atoms with van der Waals surface area (Å²) in [6, 6.07) is 5.51. The minimum Gasteiger partial charge on any atom is -0.492 e. The standard InChI is InChI=1S/C12H15BrF3NOS/c1-8(17-2)10-7-9(13)3-4-11(10)18-5-6-19-12(14,15)16/h3-4,7-8,17H,5-6H2,1-2H3. The van der Waals surface area contributed by atoms with Gasteiger partial charge in [-0.15, -0.1) is 0 Å². The zero-order chi connectivity index (χ0) is 14.5. The summed E-state index contributed by atoms with van der Waals surface area (Å²) in [4.78, 5) is 0. The lowest BCUT2D eigenvalue weighted by atomic mass is 10.1. The lowest BCUT2D eigenvalue weighted by molar-refractivity contribution is -0.0329. The Morgan fingerprint density at radius 3 is 2.68 bits per heavy atom. The van der Waals surface area contributed by atoms with Gasteiger partial charge in [-0.25, -0.2) is 0 Å². The Labute approximate surface area is 123 Å². The van der Waals surface area contributed by atoms with Crippen molar-refractivity contribution in [3.63, 3.8) is 0 Å². The summed E-state index contributed by atoms with van der Waals surface area (Å²) in [6.07, 6.45) is 0. The smallest absolute Gasteiger partial charge is 0.441 e. The van der Waals surface area contributed by atoms with E-state index in [0.717, 1.165) is 10.0 Å². The molecule has 0 aliphatic heterocycles. The molecular weight excluding hydrogens is 343 g/mol. The number of hydrogen-bond donors (Lipinski definition) is 1. The van der Waals surface area contributed by atoms with Gasteiger partial charge in [0.2, 0.25) is 0 Å². The molecular formula is C12H15BrF3NOS. The van der Waals surface area contributed by atoms with E-state index < -0.39 is 5.51 Å². The summed E-state index contributed by atoms with van der Waals surface area (Å²) in [5, 5.41) is 3.08. The lowest BCUT2D eigenvalue weighted by Crippen LogP contribution is -2.15. The van der Waals surface area contributed by atoms with Gasteiger partial charge in [0, 0.05) is 21.8 Å². The SMILES string of the molecule is CNC(C)c1cc(Br)ccc1OCCSC(F)(F)F. The molecule has 0 radical (unpaired) electrons. The van der Waals surface area contributed by atoms with Crippen molar-refractivity contribution in [3.05, 3.63) is 28.2 Å². The molecule has 108 valence electrons. The zero-order valence-electron chi connectivity index (χ0n) is 10.6. The number of nitrogens with one attached hydrogen (secondary N) is 1. The van der Waals surface area contributed by atoms with Crippen molar-refractivity contribution in [2.24, 2.45) is 0 Å². The first-order valence-corrected chi connectivity index (χ1v) is 7.41. The average Bonchev–Trinajstić information content (AvgIpc) is 2.33. The third-order valence-corrected chi connectivity index (χ3v) is 3.67. The van der Waals surface area contributed by atoms with Crippen molar-refractivity contribution < 1.29 is 17.9 Å². The van der Waals surface area contributed by atoms with Gasteiger partial charge >= 0.3 is 5.51 Å². The molecule has 1 rings (SSSR count). The highest BCUT2D eigenvalue weighted by Gasteiger charge is 2.27. The first kappa shape index (κ1) is 16.7. The molecule has 0 bridgehead atoms. The van der Waals surface area contributed by atoms with E-state index in [-0.39, 0.29) is 30.2 Å². The van der Waals surface area contributed by atoms with Crippen LogP contribution in [0.5, 0.6) is 5.75 Å². The molecule has 0 aromatic heterocycles. The molecule has 2 nitrogen and oxygen atoms in total. The summed E-state index contributed by atoms with van der Waals surface area (Å²) < 4.78 is 42.3. The normalized spacial score (nSPS) is 13.4. The highest BCUT2D eigenvalue weighted by molar-refractivity contribution is 9.10.